The minimum atomic E-state index is -0.286. The Morgan fingerprint density at radius 1 is 1.04 bits per heavy atom. The molecule has 1 aliphatic heterocycles. The van der Waals surface area contributed by atoms with Crippen molar-refractivity contribution in [3.8, 4) is 0 Å². The van der Waals surface area contributed by atoms with Gasteiger partial charge in [0.25, 0.3) is 0 Å². The number of hydrogen-bond donors (Lipinski definition) is 0. The normalized spacial score (nSPS) is 36.7. The van der Waals surface area contributed by atoms with Crippen LogP contribution in [0.25, 0.3) is 0 Å². The van der Waals surface area contributed by atoms with Crippen LogP contribution < -0.4 is 0 Å². The van der Waals surface area contributed by atoms with Crippen LogP contribution >= 0.6 is 0 Å². The predicted molar refractivity (Wildman–Crippen MR) is 114 cm³/mol. The fraction of sp³-hybridized carbons (Fsp3) is 0.760. The molecule has 3 unspecified atom stereocenters. The van der Waals surface area contributed by atoms with Crippen molar-refractivity contribution < 1.29 is 9.47 Å². The molecule has 28 heavy (non-hydrogen) atoms. The topological polar surface area (TPSA) is 21.7 Å². The van der Waals surface area contributed by atoms with Crippen molar-refractivity contribution in [1.82, 2.24) is 4.90 Å². The van der Waals surface area contributed by atoms with Gasteiger partial charge in [-0.25, -0.2) is 0 Å². The summed E-state index contributed by atoms with van der Waals surface area (Å²) in [6.45, 7) is 4.34. The maximum Gasteiger partial charge on any atom is 0.168 e. The summed E-state index contributed by atoms with van der Waals surface area (Å²) in [6.07, 6.45) is 12.8. The van der Waals surface area contributed by atoms with Gasteiger partial charge in [0.15, 0.2) is 5.79 Å². The van der Waals surface area contributed by atoms with Gasteiger partial charge in [-0.3, -0.25) is 0 Å². The zero-order valence-electron chi connectivity index (χ0n) is 17.9. The molecule has 3 atom stereocenters. The summed E-state index contributed by atoms with van der Waals surface area (Å²) >= 11 is 0. The SMILES string of the molecule is CC1CCCCC(N(C)CCC2COC3(CCC(c4ccccc4)CC3)O2)C1. The van der Waals surface area contributed by atoms with E-state index >= 15 is 0 Å². The summed E-state index contributed by atoms with van der Waals surface area (Å²) in [7, 11) is 2.32. The lowest BCUT2D eigenvalue weighted by molar-refractivity contribution is -0.189. The molecule has 1 aromatic carbocycles. The van der Waals surface area contributed by atoms with Gasteiger partial charge in [0, 0.05) is 25.4 Å². The minimum absolute atomic E-state index is 0.277. The lowest BCUT2D eigenvalue weighted by Crippen LogP contribution is -2.37. The van der Waals surface area contributed by atoms with Crippen LogP contribution in [0.5, 0.6) is 0 Å². The van der Waals surface area contributed by atoms with E-state index in [1.807, 2.05) is 0 Å². The fourth-order valence-corrected chi connectivity index (χ4v) is 5.64. The van der Waals surface area contributed by atoms with E-state index in [4.69, 9.17) is 9.47 Å². The highest BCUT2D eigenvalue weighted by atomic mass is 16.7. The van der Waals surface area contributed by atoms with Crippen molar-refractivity contribution in [2.75, 3.05) is 20.2 Å². The quantitative estimate of drug-likeness (QED) is 0.603. The lowest BCUT2D eigenvalue weighted by Gasteiger charge is -2.36. The molecule has 1 aromatic rings. The van der Waals surface area contributed by atoms with E-state index in [1.165, 1.54) is 50.5 Å². The molecule has 3 aliphatic rings. The number of nitrogens with zero attached hydrogens (tertiary/aromatic N) is 1. The van der Waals surface area contributed by atoms with Crippen LogP contribution in [0.3, 0.4) is 0 Å². The highest BCUT2D eigenvalue weighted by molar-refractivity contribution is 5.20. The molecule has 3 heteroatoms. The Kier molecular flexibility index (Phi) is 6.75. The minimum Gasteiger partial charge on any atom is -0.347 e. The number of rotatable bonds is 5. The molecule has 0 N–H and O–H groups in total. The standard InChI is InChI=1S/C25H39NO2/c1-20-8-6-7-11-23(18-20)26(2)17-14-24-19-27-25(28-24)15-12-22(13-16-25)21-9-4-3-5-10-21/h3-5,9-10,20,22-24H,6-8,11-19H2,1-2H3. The van der Waals surface area contributed by atoms with E-state index < -0.39 is 0 Å². The zero-order chi connectivity index (χ0) is 19.4. The van der Waals surface area contributed by atoms with E-state index in [9.17, 15) is 0 Å². The Bertz CT molecular complexity index is 596. The van der Waals surface area contributed by atoms with E-state index in [0.717, 1.165) is 44.4 Å². The average Bonchev–Trinajstić information content (AvgIpc) is 2.98. The second-order valence-corrected chi connectivity index (χ2v) is 9.69. The zero-order valence-corrected chi connectivity index (χ0v) is 17.9. The molecule has 0 amide bonds. The molecular formula is C25H39NO2. The van der Waals surface area contributed by atoms with Gasteiger partial charge < -0.3 is 14.4 Å². The van der Waals surface area contributed by atoms with Gasteiger partial charge in [-0.1, -0.05) is 56.5 Å². The highest BCUT2D eigenvalue weighted by Crippen LogP contribution is 2.44. The van der Waals surface area contributed by atoms with E-state index in [2.05, 4.69) is 49.2 Å². The van der Waals surface area contributed by atoms with Gasteiger partial charge in [0.05, 0.1) is 12.7 Å². The van der Waals surface area contributed by atoms with Crippen LogP contribution in [0.2, 0.25) is 0 Å². The Labute approximate surface area is 171 Å². The molecule has 3 nitrogen and oxygen atoms in total. The molecule has 0 radical (unpaired) electrons. The summed E-state index contributed by atoms with van der Waals surface area (Å²) < 4.78 is 12.8. The molecule has 0 aromatic heterocycles. The van der Waals surface area contributed by atoms with Crippen LogP contribution in [0, 0.1) is 5.92 Å². The van der Waals surface area contributed by atoms with Gasteiger partial charge in [-0.05, 0) is 56.6 Å². The molecule has 0 bridgehead atoms. The van der Waals surface area contributed by atoms with Gasteiger partial charge in [-0.2, -0.15) is 0 Å². The smallest absolute Gasteiger partial charge is 0.168 e. The highest BCUT2D eigenvalue weighted by Gasteiger charge is 2.44. The van der Waals surface area contributed by atoms with E-state index in [-0.39, 0.29) is 11.9 Å². The third-order valence-corrected chi connectivity index (χ3v) is 7.52. The van der Waals surface area contributed by atoms with Gasteiger partial charge in [0.1, 0.15) is 0 Å². The first-order chi connectivity index (χ1) is 13.6. The van der Waals surface area contributed by atoms with Gasteiger partial charge >= 0.3 is 0 Å². The van der Waals surface area contributed by atoms with Crippen molar-refractivity contribution in [3.05, 3.63) is 35.9 Å². The van der Waals surface area contributed by atoms with E-state index in [1.54, 1.807) is 0 Å². The Morgan fingerprint density at radius 2 is 1.79 bits per heavy atom. The first-order valence-corrected chi connectivity index (χ1v) is 11.7. The molecule has 1 heterocycles. The summed E-state index contributed by atoms with van der Waals surface area (Å²) in [5, 5.41) is 0. The third-order valence-electron chi connectivity index (χ3n) is 7.52. The van der Waals surface area contributed by atoms with Crippen LogP contribution in [-0.4, -0.2) is 43.0 Å². The summed E-state index contributed by atoms with van der Waals surface area (Å²) in [5.41, 5.74) is 1.48. The monoisotopic (exact) mass is 385 g/mol. The first-order valence-electron chi connectivity index (χ1n) is 11.7. The van der Waals surface area contributed by atoms with Gasteiger partial charge in [0.2, 0.25) is 0 Å². The fourth-order valence-electron chi connectivity index (χ4n) is 5.64. The van der Waals surface area contributed by atoms with Gasteiger partial charge in [-0.15, -0.1) is 0 Å². The molecule has 2 aliphatic carbocycles. The summed E-state index contributed by atoms with van der Waals surface area (Å²) in [5.74, 6) is 1.26. The van der Waals surface area contributed by atoms with E-state index in [0.29, 0.717) is 5.92 Å². The maximum atomic E-state index is 6.51. The lowest BCUT2D eigenvalue weighted by atomic mass is 9.81. The van der Waals surface area contributed by atoms with Crippen molar-refractivity contribution in [2.24, 2.45) is 5.92 Å². The number of ether oxygens (including phenoxy) is 2. The maximum absolute atomic E-state index is 6.51. The summed E-state index contributed by atoms with van der Waals surface area (Å²) in [6, 6.07) is 11.7. The second-order valence-electron chi connectivity index (χ2n) is 9.69. The molecular weight excluding hydrogens is 346 g/mol. The molecule has 156 valence electrons. The molecule has 2 saturated carbocycles. The van der Waals surface area contributed by atoms with Crippen molar-refractivity contribution >= 4 is 0 Å². The van der Waals surface area contributed by atoms with Crippen molar-refractivity contribution in [2.45, 2.75) is 95.0 Å². The predicted octanol–water partition coefficient (Wildman–Crippen LogP) is 5.75. The van der Waals surface area contributed by atoms with Crippen LogP contribution in [0.1, 0.15) is 82.6 Å². The number of hydrogen-bond acceptors (Lipinski definition) is 3. The summed E-state index contributed by atoms with van der Waals surface area (Å²) in [4.78, 5) is 2.60. The van der Waals surface area contributed by atoms with Crippen LogP contribution in [0.15, 0.2) is 30.3 Å². The average molecular weight is 386 g/mol. The molecule has 4 rings (SSSR count). The van der Waals surface area contributed by atoms with Crippen LogP contribution in [-0.2, 0) is 9.47 Å². The Balaban J connectivity index is 1.22. The van der Waals surface area contributed by atoms with Crippen molar-refractivity contribution in [3.63, 3.8) is 0 Å². The molecule has 1 spiro atoms. The first kappa shape index (κ1) is 20.4. The third kappa shape index (κ3) is 4.98. The van der Waals surface area contributed by atoms with Crippen molar-refractivity contribution in [1.29, 1.82) is 0 Å². The Hall–Kier alpha value is -0.900. The largest absolute Gasteiger partial charge is 0.347 e. The Morgan fingerprint density at radius 3 is 2.57 bits per heavy atom. The number of benzene rings is 1. The second kappa shape index (κ2) is 9.28. The van der Waals surface area contributed by atoms with Crippen LogP contribution in [0.4, 0.5) is 0 Å². The molecule has 1 saturated heterocycles. The molecule has 3 fully saturated rings.